The molecule has 1 N–H and O–H groups in total. The van der Waals surface area contributed by atoms with Gasteiger partial charge in [-0.15, -0.1) is 10.2 Å². The predicted molar refractivity (Wildman–Crippen MR) is 118 cm³/mol. The smallest absolute Gasteiger partial charge is 0.233 e. The van der Waals surface area contributed by atoms with Crippen molar-refractivity contribution in [3.63, 3.8) is 0 Å². The zero-order valence-corrected chi connectivity index (χ0v) is 18.6. The second-order valence-corrected chi connectivity index (χ2v) is 9.01. The lowest BCUT2D eigenvalue weighted by Crippen LogP contribution is -2.27. The number of aromatic nitrogens is 2. The third-order valence-corrected chi connectivity index (χ3v) is 6.23. The Morgan fingerprint density at radius 3 is 2.86 bits per heavy atom. The molecule has 6 nitrogen and oxygen atoms in total. The van der Waals surface area contributed by atoms with Gasteiger partial charge in [-0.25, -0.2) is 0 Å². The lowest BCUT2D eigenvalue weighted by Gasteiger charge is -2.17. The topological polar surface area (TPSA) is 67.3 Å². The molecule has 0 spiro atoms. The first-order valence-corrected chi connectivity index (χ1v) is 11.0. The van der Waals surface area contributed by atoms with E-state index in [-0.39, 0.29) is 5.91 Å². The van der Waals surface area contributed by atoms with E-state index in [1.54, 1.807) is 19.1 Å². The van der Waals surface area contributed by atoms with Crippen molar-refractivity contribution < 1.29 is 9.53 Å². The molecule has 0 saturated heterocycles. The first-order chi connectivity index (χ1) is 13.5. The van der Waals surface area contributed by atoms with E-state index in [9.17, 15) is 4.79 Å². The third kappa shape index (κ3) is 5.95. The van der Waals surface area contributed by atoms with Gasteiger partial charge in [-0.3, -0.25) is 4.79 Å². The van der Waals surface area contributed by atoms with Gasteiger partial charge in [0.15, 0.2) is 4.34 Å². The van der Waals surface area contributed by atoms with E-state index in [1.807, 2.05) is 48.5 Å². The standard InChI is InChI=1S/C19H19BrN4O2S2/c1-24(11-13-5-3-8-16(9-13)26-2)17(25)12-27-19-23-22-18(28-19)21-15-7-4-6-14(20)10-15/h3-10H,11-12H2,1-2H3,(H,21,22). The molecule has 0 fully saturated rings. The molecule has 1 aromatic heterocycles. The van der Waals surface area contributed by atoms with Gasteiger partial charge in [0.25, 0.3) is 0 Å². The van der Waals surface area contributed by atoms with E-state index in [1.165, 1.54) is 23.1 Å². The monoisotopic (exact) mass is 478 g/mol. The average Bonchev–Trinajstić information content (AvgIpc) is 3.13. The van der Waals surface area contributed by atoms with Crippen LogP contribution in [0.5, 0.6) is 5.75 Å². The first-order valence-electron chi connectivity index (χ1n) is 8.39. The number of halogens is 1. The summed E-state index contributed by atoms with van der Waals surface area (Å²) in [5.41, 5.74) is 1.95. The van der Waals surface area contributed by atoms with Crippen LogP contribution < -0.4 is 10.1 Å². The number of anilines is 2. The molecule has 3 rings (SSSR count). The molecular weight excluding hydrogens is 460 g/mol. The van der Waals surface area contributed by atoms with E-state index >= 15 is 0 Å². The Kier molecular flexibility index (Phi) is 7.30. The lowest BCUT2D eigenvalue weighted by atomic mass is 10.2. The molecule has 1 heterocycles. The fourth-order valence-electron chi connectivity index (χ4n) is 2.37. The van der Waals surface area contributed by atoms with Crippen LogP contribution in [0.2, 0.25) is 0 Å². The average molecular weight is 479 g/mol. The molecule has 146 valence electrons. The summed E-state index contributed by atoms with van der Waals surface area (Å²) in [6.45, 7) is 0.530. The third-order valence-electron chi connectivity index (χ3n) is 3.78. The van der Waals surface area contributed by atoms with E-state index in [0.29, 0.717) is 17.4 Å². The fraction of sp³-hybridized carbons (Fsp3) is 0.211. The highest BCUT2D eigenvalue weighted by molar-refractivity contribution is 9.10. The van der Waals surface area contributed by atoms with Gasteiger partial charge in [-0.2, -0.15) is 0 Å². The number of thioether (sulfide) groups is 1. The van der Waals surface area contributed by atoms with Gasteiger partial charge in [-0.1, -0.05) is 57.2 Å². The van der Waals surface area contributed by atoms with Gasteiger partial charge < -0.3 is 15.0 Å². The zero-order chi connectivity index (χ0) is 19.9. The van der Waals surface area contributed by atoms with Gasteiger partial charge in [0.2, 0.25) is 11.0 Å². The summed E-state index contributed by atoms with van der Waals surface area (Å²) < 4.78 is 6.96. The van der Waals surface area contributed by atoms with Crippen LogP contribution in [0.4, 0.5) is 10.8 Å². The molecule has 28 heavy (non-hydrogen) atoms. The van der Waals surface area contributed by atoms with Crippen LogP contribution in [0.1, 0.15) is 5.56 Å². The number of benzene rings is 2. The molecule has 0 unspecified atom stereocenters. The van der Waals surface area contributed by atoms with Crippen molar-refractivity contribution in [3.8, 4) is 5.75 Å². The molecule has 0 aliphatic carbocycles. The van der Waals surface area contributed by atoms with Crippen LogP contribution in [0.3, 0.4) is 0 Å². The first kappa shape index (κ1) is 20.6. The number of hydrogen-bond donors (Lipinski definition) is 1. The fourth-order valence-corrected chi connectivity index (χ4v) is 4.49. The minimum atomic E-state index is 0.0320. The Hall–Kier alpha value is -2.10. The Morgan fingerprint density at radius 1 is 1.25 bits per heavy atom. The van der Waals surface area contributed by atoms with Crippen LogP contribution in [0.25, 0.3) is 0 Å². The molecule has 0 radical (unpaired) electrons. The van der Waals surface area contributed by atoms with Gasteiger partial charge in [0, 0.05) is 23.8 Å². The van der Waals surface area contributed by atoms with Crippen LogP contribution in [-0.4, -0.2) is 40.9 Å². The van der Waals surface area contributed by atoms with Crippen molar-refractivity contribution in [2.75, 3.05) is 25.2 Å². The van der Waals surface area contributed by atoms with Gasteiger partial charge in [-0.05, 0) is 35.9 Å². The molecule has 0 aliphatic heterocycles. The molecule has 0 atom stereocenters. The number of rotatable bonds is 8. The van der Waals surface area contributed by atoms with Crippen LogP contribution >= 0.6 is 39.0 Å². The summed E-state index contributed by atoms with van der Waals surface area (Å²) in [6, 6.07) is 15.5. The molecule has 9 heteroatoms. The van der Waals surface area contributed by atoms with Crippen molar-refractivity contribution in [2.24, 2.45) is 0 Å². The number of nitrogens with one attached hydrogen (secondary N) is 1. The van der Waals surface area contributed by atoms with Gasteiger partial charge >= 0.3 is 0 Å². The second kappa shape index (κ2) is 9.90. The maximum absolute atomic E-state index is 12.4. The summed E-state index contributed by atoms with van der Waals surface area (Å²) in [5.74, 6) is 1.13. The van der Waals surface area contributed by atoms with Crippen molar-refractivity contribution in [1.82, 2.24) is 15.1 Å². The summed E-state index contributed by atoms with van der Waals surface area (Å²) in [7, 11) is 3.43. The van der Waals surface area contributed by atoms with Crippen LogP contribution in [0, 0.1) is 0 Å². The number of amides is 1. The number of hydrogen-bond acceptors (Lipinski definition) is 7. The summed E-state index contributed by atoms with van der Waals surface area (Å²) >= 11 is 6.25. The van der Waals surface area contributed by atoms with E-state index < -0.39 is 0 Å². The van der Waals surface area contributed by atoms with Crippen molar-refractivity contribution in [2.45, 2.75) is 10.9 Å². The van der Waals surface area contributed by atoms with E-state index in [2.05, 4.69) is 31.4 Å². The number of ether oxygens (including phenoxy) is 1. The van der Waals surface area contributed by atoms with Gasteiger partial charge in [0.1, 0.15) is 5.75 Å². The highest BCUT2D eigenvalue weighted by Crippen LogP contribution is 2.28. The lowest BCUT2D eigenvalue weighted by molar-refractivity contribution is -0.127. The Labute approximate surface area is 180 Å². The normalized spacial score (nSPS) is 10.5. The predicted octanol–water partition coefficient (Wildman–Crippen LogP) is 4.80. The number of carbonyl (C=O) groups excluding carboxylic acids is 1. The maximum atomic E-state index is 12.4. The Morgan fingerprint density at radius 2 is 2.07 bits per heavy atom. The number of methoxy groups -OCH3 is 1. The van der Waals surface area contributed by atoms with E-state index in [0.717, 1.165) is 25.8 Å². The Balaban J connectivity index is 1.50. The molecule has 0 aliphatic rings. The molecule has 0 bridgehead atoms. The molecule has 3 aromatic rings. The van der Waals surface area contributed by atoms with Gasteiger partial charge in [0.05, 0.1) is 12.9 Å². The number of carbonyl (C=O) groups is 1. The van der Waals surface area contributed by atoms with E-state index in [4.69, 9.17) is 4.74 Å². The maximum Gasteiger partial charge on any atom is 0.233 e. The molecule has 1 amide bonds. The zero-order valence-electron chi connectivity index (χ0n) is 15.4. The van der Waals surface area contributed by atoms with Crippen LogP contribution in [-0.2, 0) is 11.3 Å². The Bertz CT molecular complexity index is 951. The van der Waals surface area contributed by atoms with Crippen molar-refractivity contribution in [1.29, 1.82) is 0 Å². The highest BCUT2D eigenvalue weighted by Gasteiger charge is 2.13. The molecule has 0 saturated carbocycles. The van der Waals surface area contributed by atoms with Crippen molar-refractivity contribution in [3.05, 3.63) is 58.6 Å². The minimum absolute atomic E-state index is 0.0320. The second-order valence-electron chi connectivity index (χ2n) is 5.90. The largest absolute Gasteiger partial charge is 0.497 e. The summed E-state index contributed by atoms with van der Waals surface area (Å²) in [4.78, 5) is 14.1. The summed E-state index contributed by atoms with van der Waals surface area (Å²) in [6.07, 6.45) is 0. The quantitative estimate of drug-likeness (QED) is 0.468. The minimum Gasteiger partial charge on any atom is -0.497 e. The molecular formula is C19H19BrN4O2S2. The summed E-state index contributed by atoms with van der Waals surface area (Å²) in [5, 5.41) is 12.2. The highest BCUT2D eigenvalue weighted by atomic mass is 79.9. The van der Waals surface area contributed by atoms with Crippen molar-refractivity contribution >= 4 is 55.8 Å². The molecule has 2 aromatic carbocycles. The number of nitrogens with zero attached hydrogens (tertiary/aromatic N) is 3. The van der Waals surface area contributed by atoms with Crippen LogP contribution in [0.15, 0.2) is 57.3 Å². The SMILES string of the molecule is COc1cccc(CN(C)C(=O)CSc2nnc(Nc3cccc(Br)c3)s2)c1.